The second-order valence-corrected chi connectivity index (χ2v) is 18.2. The zero-order chi connectivity index (χ0) is 33.8. The number of sulfone groups is 2. The summed E-state index contributed by atoms with van der Waals surface area (Å²) < 4.78 is 58.9. The molecule has 246 valence electrons. The Morgan fingerprint density at radius 1 is 0.604 bits per heavy atom. The monoisotopic (exact) mass is 696 g/mol. The summed E-state index contributed by atoms with van der Waals surface area (Å²) in [6.07, 6.45) is 0.301. The molecule has 7 rings (SSSR count). The number of Topliss-reactive ketones (excluding diaryl/α,β-unsaturated/α-hetero) is 1. The molecular formula is C40H37ClO5S2. The molecule has 2 saturated carbocycles. The first-order valence-corrected chi connectivity index (χ1v) is 19.8. The minimum Gasteiger partial charge on any atom is -0.299 e. The third-order valence-electron chi connectivity index (χ3n) is 10.6. The minimum atomic E-state index is -3.97. The van der Waals surface area contributed by atoms with Gasteiger partial charge in [0.05, 0.1) is 20.3 Å². The lowest BCUT2D eigenvalue weighted by molar-refractivity contribution is -0.128. The predicted molar refractivity (Wildman–Crippen MR) is 191 cm³/mol. The normalized spacial score (nSPS) is 24.7. The molecule has 0 heterocycles. The smallest absolute Gasteiger partial charge is 0.182 e. The van der Waals surface area contributed by atoms with Gasteiger partial charge in [-0.15, -0.1) is 0 Å². The van der Waals surface area contributed by atoms with E-state index in [1.807, 2.05) is 68.4 Å². The molecule has 5 aromatic rings. The van der Waals surface area contributed by atoms with Gasteiger partial charge in [-0.25, -0.2) is 16.8 Å². The fourth-order valence-electron chi connectivity index (χ4n) is 8.21. The first-order valence-electron chi connectivity index (χ1n) is 16.3. The van der Waals surface area contributed by atoms with Crippen molar-refractivity contribution < 1.29 is 21.6 Å². The number of hydrogen-bond donors (Lipinski definition) is 0. The van der Waals surface area contributed by atoms with Crippen molar-refractivity contribution >= 4 is 47.8 Å². The zero-order valence-electron chi connectivity index (χ0n) is 26.8. The van der Waals surface area contributed by atoms with E-state index in [-0.39, 0.29) is 34.8 Å². The second-order valence-electron chi connectivity index (χ2n) is 13.5. The van der Waals surface area contributed by atoms with Crippen LogP contribution in [0.3, 0.4) is 0 Å². The summed E-state index contributed by atoms with van der Waals surface area (Å²) in [4.78, 5) is 14.7. The van der Waals surface area contributed by atoms with Crippen LogP contribution in [0.2, 0.25) is 5.02 Å². The minimum absolute atomic E-state index is 0.00872. The van der Waals surface area contributed by atoms with E-state index in [0.717, 1.165) is 33.0 Å². The van der Waals surface area contributed by atoms with Crippen LogP contribution in [0.4, 0.5) is 0 Å². The fourth-order valence-corrected chi connectivity index (χ4v) is 12.6. The van der Waals surface area contributed by atoms with Gasteiger partial charge in [-0.05, 0) is 90.9 Å². The van der Waals surface area contributed by atoms with Gasteiger partial charge in [-0.2, -0.15) is 0 Å². The first kappa shape index (κ1) is 32.8. The molecule has 5 aromatic carbocycles. The summed E-state index contributed by atoms with van der Waals surface area (Å²) in [6.45, 7) is 3.82. The second kappa shape index (κ2) is 12.6. The summed E-state index contributed by atoms with van der Waals surface area (Å²) in [7, 11) is -7.89. The third-order valence-corrected chi connectivity index (χ3v) is 15.4. The van der Waals surface area contributed by atoms with E-state index in [2.05, 4.69) is 0 Å². The number of ketones is 1. The maximum atomic E-state index is 14.8. The van der Waals surface area contributed by atoms with Gasteiger partial charge in [-0.3, -0.25) is 4.79 Å². The molecule has 0 amide bonds. The molecular weight excluding hydrogens is 660 g/mol. The SMILES string of the molecule is Cc1ccc(S(=O)(=O)C2C[C@H]3C(=O)C[C@@H](c4ccc(Cl)cc4)C(S(=O)(=O)c4ccc(C)cc4)[C@H]3C[C@H]2c2cccc3ccccc23)cc1. The number of aryl methyl sites for hydroxylation is 2. The van der Waals surface area contributed by atoms with E-state index in [9.17, 15) is 21.6 Å². The molecule has 48 heavy (non-hydrogen) atoms. The van der Waals surface area contributed by atoms with Gasteiger partial charge < -0.3 is 0 Å². The molecule has 0 aromatic heterocycles. The highest BCUT2D eigenvalue weighted by atomic mass is 35.5. The van der Waals surface area contributed by atoms with E-state index < -0.39 is 53.8 Å². The Morgan fingerprint density at radius 2 is 1.19 bits per heavy atom. The van der Waals surface area contributed by atoms with Crippen LogP contribution in [-0.4, -0.2) is 33.1 Å². The highest BCUT2D eigenvalue weighted by Crippen LogP contribution is 2.54. The Bertz CT molecular complexity index is 2210. The standard InChI is InChI=1S/C40H37ClO5S2/c1-25-10-18-30(19-11-25)47(43,44)39-24-35-37(22-36(39)33-9-5-7-27-6-3-4-8-32(27)33)40(48(45,46)31-20-12-26(2)13-21-31)34(23-38(35)42)28-14-16-29(41)17-15-28/h3-21,34-37,39-40H,22-24H2,1-2H3/t34-,35+,36-,37-,39?,40?/m0/s1. The maximum Gasteiger partial charge on any atom is 0.182 e. The van der Waals surface area contributed by atoms with Crippen molar-refractivity contribution in [3.63, 3.8) is 0 Å². The summed E-state index contributed by atoms with van der Waals surface area (Å²) in [5, 5.41) is 0.582. The molecule has 5 nitrogen and oxygen atoms in total. The highest BCUT2D eigenvalue weighted by molar-refractivity contribution is 7.92. The predicted octanol–water partition coefficient (Wildman–Crippen LogP) is 8.66. The van der Waals surface area contributed by atoms with Crippen LogP contribution in [0.5, 0.6) is 0 Å². The number of carbonyl (C=O) groups excluding carboxylic acids is 1. The van der Waals surface area contributed by atoms with Gasteiger partial charge in [0.25, 0.3) is 0 Å². The molecule has 0 radical (unpaired) electrons. The largest absolute Gasteiger partial charge is 0.299 e. The quantitative estimate of drug-likeness (QED) is 0.177. The van der Waals surface area contributed by atoms with Crippen LogP contribution in [0.15, 0.2) is 125 Å². The lowest BCUT2D eigenvalue weighted by Crippen LogP contribution is -2.53. The number of hydrogen-bond acceptors (Lipinski definition) is 5. The fraction of sp³-hybridized carbons (Fsp3) is 0.275. The van der Waals surface area contributed by atoms with Gasteiger partial charge in [0.1, 0.15) is 5.78 Å². The van der Waals surface area contributed by atoms with E-state index in [0.29, 0.717) is 5.02 Å². The van der Waals surface area contributed by atoms with E-state index >= 15 is 0 Å². The van der Waals surface area contributed by atoms with E-state index in [1.165, 1.54) is 0 Å². The Kier molecular flexibility index (Phi) is 8.59. The Hall–Kier alpha value is -3.78. The summed E-state index contributed by atoms with van der Waals surface area (Å²) in [5.74, 6) is -2.57. The highest BCUT2D eigenvalue weighted by Gasteiger charge is 2.56. The van der Waals surface area contributed by atoms with Gasteiger partial charge in [0.15, 0.2) is 19.7 Å². The lowest BCUT2D eigenvalue weighted by Gasteiger charge is -2.48. The van der Waals surface area contributed by atoms with Gasteiger partial charge in [-0.1, -0.05) is 102 Å². The van der Waals surface area contributed by atoms with Gasteiger partial charge in [0.2, 0.25) is 0 Å². The average Bonchev–Trinajstić information content (AvgIpc) is 3.08. The lowest BCUT2D eigenvalue weighted by atomic mass is 9.61. The number of benzene rings is 5. The van der Waals surface area contributed by atoms with Crippen LogP contribution in [0, 0.1) is 25.7 Å². The topological polar surface area (TPSA) is 85.3 Å². The molecule has 2 unspecified atom stereocenters. The van der Waals surface area contributed by atoms with Crippen LogP contribution in [0.25, 0.3) is 10.8 Å². The Balaban J connectivity index is 1.42. The number of carbonyl (C=O) groups is 1. The summed E-state index contributed by atoms with van der Waals surface area (Å²) >= 11 is 6.24. The Morgan fingerprint density at radius 3 is 1.83 bits per heavy atom. The maximum absolute atomic E-state index is 14.8. The van der Waals surface area contributed by atoms with Crippen molar-refractivity contribution in [2.75, 3.05) is 0 Å². The molecule has 2 aliphatic rings. The van der Waals surface area contributed by atoms with Crippen molar-refractivity contribution in [2.45, 2.75) is 65.2 Å². The third kappa shape index (κ3) is 5.80. The van der Waals surface area contributed by atoms with Crippen molar-refractivity contribution in [1.82, 2.24) is 0 Å². The molecule has 0 aliphatic heterocycles. The van der Waals surface area contributed by atoms with Crippen LogP contribution in [0.1, 0.15) is 53.4 Å². The molecule has 8 heteroatoms. The molecule has 0 spiro atoms. The van der Waals surface area contributed by atoms with Crippen molar-refractivity contribution in [2.24, 2.45) is 11.8 Å². The summed E-state index contributed by atoms with van der Waals surface area (Å²) in [5.41, 5.74) is 3.49. The van der Waals surface area contributed by atoms with Crippen LogP contribution >= 0.6 is 11.6 Å². The molecule has 0 bridgehead atoms. The van der Waals surface area contributed by atoms with Gasteiger partial charge in [0, 0.05) is 29.2 Å². The van der Waals surface area contributed by atoms with Gasteiger partial charge >= 0.3 is 0 Å². The van der Waals surface area contributed by atoms with Crippen molar-refractivity contribution in [1.29, 1.82) is 0 Å². The molecule has 2 fully saturated rings. The van der Waals surface area contributed by atoms with Crippen molar-refractivity contribution in [3.05, 3.63) is 143 Å². The Labute approximate surface area is 287 Å². The molecule has 2 aliphatic carbocycles. The zero-order valence-corrected chi connectivity index (χ0v) is 29.2. The van der Waals surface area contributed by atoms with E-state index in [4.69, 9.17) is 11.6 Å². The number of rotatable bonds is 6. The van der Waals surface area contributed by atoms with E-state index in [1.54, 1.807) is 60.7 Å². The van der Waals surface area contributed by atoms with Crippen molar-refractivity contribution in [3.8, 4) is 0 Å². The number of halogens is 1. The molecule has 0 saturated heterocycles. The van der Waals surface area contributed by atoms with Crippen LogP contribution < -0.4 is 0 Å². The average molecular weight is 697 g/mol. The molecule has 6 atom stereocenters. The summed E-state index contributed by atoms with van der Waals surface area (Å²) in [6, 6.07) is 34.6. The van der Waals surface area contributed by atoms with Crippen LogP contribution in [-0.2, 0) is 24.5 Å². The first-order chi connectivity index (χ1) is 22.9. The molecule has 0 N–H and O–H groups in total. The number of fused-ring (bicyclic) bond motifs is 2.